The second-order valence-electron chi connectivity index (χ2n) is 4.96. The van der Waals surface area contributed by atoms with Gasteiger partial charge >= 0.3 is 0 Å². The number of nitrogens with one attached hydrogen (secondary N) is 1. The van der Waals surface area contributed by atoms with E-state index in [0.717, 1.165) is 18.5 Å². The molecule has 0 amide bonds. The van der Waals surface area contributed by atoms with Crippen LogP contribution in [0.25, 0.3) is 0 Å². The second-order valence-corrected chi connectivity index (χ2v) is 4.96. The van der Waals surface area contributed by atoms with Crippen LogP contribution in [-0.4, -0.2) is 26.3 Å². The van der Waals surface area contributed by atoms with Crippen LogP contribution >= 0.6 is 0 Å². The van der Waals surface area contributed by atoms with Crippen LogP contribution in [0.2, 0.25) is 0 Å². The third kappa shape index (κ3) is 1.25. The van der Waals surface area contributed by atoms with Gasteiger partial charge in [-0.05, 0) is 25.2 Å². The molecule has 4 nitrogen and oxygen atoms in total. The zero-order chi connectivity index (χ0) is 9.60. The van der Waals surface area contributed by atoms with Crippen LogP contribution < -0.4 is 5.32 Å². The van der Waals surface area contributed by atoms with Crippen molar-refractivity contribution in [1.82, 2.24) is 20.1 Å². The van der Waals surface area contributed by atoms with Gasteiger partial charge in [0.15, 0.2) is 0 Å². The highest BCUT2D eigenvalue weighted by Crippen LogP contribution is 2.41. The molecular weight excluding hydrogens is 176 g/mol. The van der Waals surface area contributed by atoms with Crippen molar-refractivity contribution < 1.29 is 0 Å². The largest absolute Gasteiger partial charge is 0.307 e. The second kappa shape index (κ2) is 2.79. The van der Waals surface area contributed by atoms with Gasteiger partial charge in [0.2, 0.25) is 0 Å². The normalized spacial score (nSPS) is 40.6. The summed E-state index contributed by atoms with van der Waals surface area (Å²) in [6, 6.07) is 0.766. The summed E-state index contributed by atoms with van der Waals surface area (Å²) in [4.78, 5) is 3.98. The van der Waals surface area contributed by atoms with Crippen LogP contribution in [0.4, 0.5) is 0 Å². The molecule has 0 radical (unpaired) electrons. The van der Waals surface area contributed by atoms with Crippen LogP contribution in [0, 0.1) is 5.92 Å². The summed E-state index contributed by atoms with van der Waals surface area (Å²) in [6.45, 7) is 3.33. The summed E-state index contributed by atoms with van der Waals surface area (Å²) in [5.41, 5.74) is 0.329. The molecule has 4 rings (SSSR count). The molecule has 0 aromatic carbocycles. The maximum absolute atomic E-state index is 4.17. The molecule has 3 aliphatic rings. The fourth-order valence-corrected chi connectivity index (χ4v) is 3.20. The van der Waals surface area contributed by atoms with E-state index in [4.69, 9.17) is 0 Å². The zero-order valence-corrected chi connectivity index (χ0v) is 8.48. The van der Waals surface area contributed by atoms with Crippen molar-refractivity contribution in [2.24, 2.45) is 5.92 Å². The number of nitrogens with zero attached hydrogens (tertiary/aromatic N) is 3. The third-order valence-electron chi connectivity index (χ3n) is 3.50. The number of hydrogen-bond acceptors (Lipinski definition) is 3. The Kier molecular flexibility index (Phi) is 1.68. The number of aromatic nitrogens is 3. The Morgan fingerprint density at radius 2 is 2.43 bits per heavy atom. The third-order valence-corrected chi connectivity index (χ3v) is 3.50. The van der Waals surface area contributed by atoms with E-state index >= 15 is 0 Å². The standard InChI is InChI=1S/C10H16N4/c1-8-2-9-4-10(3-8,13-9)5-14-7-11-6-12-14/h6-9,13H,2-5H2,1H3. The fourth-order valence-electron chi connectivity index (χ4n) is 3.20. The molecule has 1 saturated carbocycles. The van der Waals surface area contributed by atoms with Crippen LogP contribution in [-0.2, 0) is 6.54 Å². The molecule has 1 aliphatic carbocycles. The van der Waals surface area contributed by atoms with Gasteiger partial charge in [-0.15, -0.1) is 0 Å². The highest BCUT2D eigenvalue weighted by atomic mass is 15.3. The van der Waals surface area contributed by atoms with Crippen molar-refractivity contribution in [2.75, 3.05) is 0 Å². The minimum atomic E-state index is 0.329. The van der Waals surface area contributed by atoms with Crippen molar-refractivity contribution in [2.45, 2.75) is 44.3 Å². The van der Waals surface area contributed by atoms with E-state index in [9.17, 15) is 0 Å². The average Bonchev–Trinajstić information content (AvgIpc) is 2.53. The van der Waals surface area contributed by atoms with Gasteiger partial charge in [-0.3, -0.25) is 4.68 Å². The van der Waals surface area contributed by atoms with Crippen molar-refractivity contribution in [3.05, 3.63) is 12.7 Å². The summed E-state index contributed by atoms with van der Waals surface area (Å²) in [5, 5.41) is 7.84. The molecule has 1 N–H and O–H groups in total. The minimum absolute atomic E-state index is 0.329. The molecule has 76 valence electrons. The quantitative estimate of drug-likeness (QED) is 0.754. The lowest BCUT2D eigenvalue weighted by molar-refractivity contribution is 0.0217. The number of fused-ring (bicyclic) bond motifs is 2. The average molecular weight is 192 g/mol. The topological polar surface area (TPSA) is 42.7 Å². The van der Waals surface area contributed by atoms with E-state index in [-0.39, 0.29) is 0 Å². The molecule has 3 unspecified atom stereocenters. The molecule has 2 bridgehead atoms. The molecule has 3 fully saturated rings. The monoisotopic (exact) mass is 192 g/mol. The Balaban J connectivity index is 1.73. The maximum Gasteiger partial charge on any atom is 0.137 e. The van der Waals surface area contributed by atoms with Gasteiger partial charge in [0.1, 0.15) is 12.7 Å². The molecular formula is C10H16N4. The summed E-state index contributed by atoms with van der Waals surface area (Å²) in [7, 11) is 0. The Hall–Kier alpha value is -0.900. The van der Waals surface area contributed by atoms with Crippen LogP contribution in [0.15, 0.2) is 12.7 Å². The van der Waals surface area contributed by atoms with Gasteiger partial charge in [0, 0.05) is 11.6 Å². The molecule has 2 aliphatic heterocycles. The SMILES string of the molecule is CC1CC2CC(Cn3cncn3)(C1)N2. The van der Waals surface area contributed by atoms with Gasteiger partial charge in [-0.2, -0.15) is 5.10 Å². The molecule has 3 heterocycles. The summed E-state index contributed by atoms with van der Waals surface area (Å²) >= 11 is 0. The lowest BCUT2D eigenvalue weighted by atomic mass is 9.66. The predicted molar refractivity (Wildman–Crippen MR) is 52.7 cm³/mol. The van der Waals surface area contributed by atoms with Crippen molar-refractivity contribution in [3.63, 3.8) is 0 Å². The van der Waals surface area contributed by atoms with Crippen molar-refractivity contribution in [1.29, 1.82) is 0 Å². The first kappa shape index (κ1) is 8.41. The molecule has 14 heavy (non-hydrogen) atoms. The Morgan fingerprint density at radius 1 is 1.57 bits per heavy atom. The van der Waals surface area contributed by atoms with E-state index in [0.29, 0.717) is 5.54 Å². The lowest BCUT2D eigenvalue weighted by Gasteiger charge is -2.56. The molecule has 0 spiro atoms. The first-order chi connectivity index (χ1) is 6.76. The Morgan fingerprint density at radius 3 is 3.07 bits per heavy atom. The van der Waals surface area contributed by atoms with Gasteiger partial charge in [0.25, 0.3) is 0 Å². The number of piperidine rings is 1. The molecule has 1 aromatic heterocycles. The maximum atomic E-state index is 4.17. The molecule has 2 saturated heterocycles. The van der Waals surface area contributed by atoms with E-state index in [1.807, 2.05) is 11.0 Å². The van der Waals surface area contributed by atoms with E-state index < -0.39 is 0 Å². The zero-order valence-electron chi connectivity index (χ0n) is 8.48. The summed E-state index contributed by atoms with van der Waals surface area (Å²) in [5.74, 6) is 0.860. The van der Waals surface area contributed by atoms with Crippen molar-refractivity contribution in [3.8, 4) is 0 Å². The van der Waals surface area contributed by atoms with Gasteiger partial charge in [-0.1, -0.05) is 6.92 Å². The summed E-state index contributed by atoms with van der Waals surface area (Å²) < 4.78 is 1.95. The van der Waals surface area contributed by atoms with Gasteiger partial charge < -0.3 is 5.32 Å². The molecule has 1 aromatic rings. The lowest BCUT2D eigenvalue weighted by Crippen LogP contribution is -2.69. The Labute approximate surface area is 83.7 Å². The summed E-state index contributed by atoms with van der Waals surface area (Å²) in [6.07, 6.45) is 7.36. The predicted octanol–water partition coefficient (Wildman–Crippen LogP) is 0.809. The minimum Gasteiger partial charge on any atom is -0.307 e. The van der Waals surface area contributed by atoms with Crippen LogP contribution in [0.1, 0.15) is 26.2 Å². The van der Waals surface area contributed by atoms with Crippen LogP contribution in [0.3, 0.4) is 0 Å². The number of hydrogen-bond donors (Lipinski definition) is 1. The first-order valence-corrected chi connectivity index (χ1v) is 5.36. The van der Waals surface area contributed by atoms with E-state index in [2.05, 4.69) is 22.3 Å². The first-order valence-electron chi connectivity index (χ1n) is 5.36. The smallest absolute Gasteiger partial charge is 0.137 e. The highest BCUT2D eigenvalue weighted by Gasteiger charge is 2.49. The van der Waals surface area contributed by atoms with E-state index in [1.54, 1.807) is 6.33 Å². The highest BCUT2D eigenvalue weighted by molar-refractivity contribution is 5.08. The molecule has 3 atom stereocenters. The van der Waals surface area contributed by atoms with Gasteiger partial charge in [-0.25, -0.2) is 4.98 Å². The Bertz CT molecular complexity index is 313. The van der Waals surface area contributed by atoms with Crippen molar-refractivity contribution >= 4 is 0 Å². The number of rotatable bonds is 2. The van der Waals surface area contributed by atoms with E-state index in [1.165, 1.54) is 19.3 Å². The van der Waals surface area contributed by atoms with Crippen LogP contribution in [0.5, 0.6) is 0 Å². The van der Waals surface area contributed by atoms with Gasteiger partial charge in [0.05, 0.1) is 6.54 Å². The fraction of sp³-hybridized carbons (Fsp3) is 0.800. The molecule has 4 heteroatoms.